The SMILES string of the molecule is O=C(c1cccnc1NCc1ccccc1)c1c[nH]c2ccc(Cl)cc12.O=C(c1cccnc1NCc1ccccc1)c1c[nH]c2ccc(Cl)cc12. The molecule has 8 rings (SSSR count). The number of benzene rings is 4. The maximum absolute atomic E-state index is 13.1. The highest BCUT2D eigenvalue weighted by Gasteiger charge is 2.20. The number of carbonyl (C=O) groups excluding carboxylic acids is 2. The van der Waals surface area contributed by atoms with Crippen molar-refractivity contribution in [3.8, 4) is 0 Å². The van der Waals surface area contributed by atoms with Crippen LogP contribution < -0.4 is 10.6 Å². The van der Waals surface area contributed by atoms with E-state index in [1.807, 2.05) is 72.8 Å². The second kappa shape index (κ2) is 15.8. The summed E-state index contributed by atoms with van der Waals surface area (Å²) in [7, 11) is 0. The molecule has 0 fully saturated rings. The lowest BCUT2D eigenvalue weighted by atomic mass is 10.0. The number of aromatic nitrogens is 4. The summed E-state index contributed by atoms with van der Waals surface area (Å²) in [6.07, 6.45) is 6.79. The molecule has 8 aromatic rings. The van der Waals surface area contributed by atoms with Gasteiger partial charge in [0.15, 0.2) is 11.6 Å². The zero-order valence-electron chi connectivity index (χ0n) is 27.7. The molecule has 256 valence electrons. The van der Waals surface area contributed by atoms with Crippen molar-refractivity contribution in [3.63, 3.8) is 0 Å². The summed E-state index contributed by atoms with van der Waals surface area (Å²) in [5, 5.41) is 9.33. The van der Waals surface area contributed by atoms with Gasteiger partial charge < -0.3 is 20.6 Å². The monoisotopic (exact) mass is 722 g/mol. The molecule has 0 amide bonds. The van der Waals surface area contributed by atoms with E-state index in [9.17, 15) is 9.59 Å². The normalized spacial score (nSPS) is 10.8. The molecule has 0 unspecified atom stereocenters. The van der Waals surface area contributed by atoms with Gasteiger partial charge in [-0.1, -0.05) is 83.9 Å². The molecule has 0 aliphatic heterocycles. The number of hydrogen-bond acceptors (Lipinski definition) is 6. The summed E-state index contributed by atoms with van der Waals surface area (Å²) in [4.78, 5) is 41.2. The molecule has 0 aliphatic carbocycles. The van der Waals surface area contributed by atoms with Crippen molar-refractivity contribution in [1.29, 1.82) is 0 Å². The van der Waals surface area contributed by atoms with Crippen molar-refractivity contribution in [1.82, 2.24) is 19.9 Å². The standard InChI is InChI=1S/2C21H16ClN3O/c2*22-15-8-9-19-17(11-15)18(13-24-19)20(26)16-7-4-10-23-21(16)25-12-14-5-2-1-3-6-14/h2*1-11,13,24H,12H2,(H,23,25). The maximum Gasteiger partial charge on any atom is 0.198 e. The number of fused-ring (bicyclic) bond motifs is 2. The average molecular weight is 724 g/mol. The Balaban J connectivity index is 0.000000162. The molecule has 10 heteroatoms. The number of pyridine rings is 2. The van der Waals surface area contributed by atoms with Crippen LogP contribution in [0.25, 0.3) is 21.8 Å². The Bertz CT molecular complexity index is 2320. The fourth-order valence-electron chi connectivity index (χ4n) is 5.87. The van der Waals surface area contributed by atoms with Crippen molar-refractivity contribution < 1.29 is 9.59 Å². The molecule has 4 aromatic heterocycles. The van der Waals surface area contributed by atoms with Gasteiger partial charge in [0, 0.05) is 80.9 Å². The van der Waals surface area contributed by atoms with Gasteiger partial charge >= 0.3 is 0 Å². The van der Waals surface area contributed by atoms with Gasteiger partial charge in [-0.25, -0.2) is 9.97 Å². The third-order valence-corrected chi connectivity index (χ3v) is 8.96. The number of halogens is 2. The molecule has 52 heavy (non-hydrogen) atoms. The highest BCUT2D eigenvalue weighted by Crippen LogP contribution is 2.28. The van der Waals surface area contributed by atoms with Crippen LogP contribution >= 0.6 is 23.2 Å². The fourth-order valence-corrected chi connectivity index (χ4v) is 6.22. The van der Waals surface area contributed by atoms with Crippen LogP contribution in [0.4, 0.5) is 11.6 Å². The molecule has 0 atom stereocenters. The minimum absolute atomic E-state index is 0.0952. The lowest BCUT2D eigenvalue weighted by Crippen LogP contribution is -2.09. The first-order chi connectivity index (χ1) is 25.4. The summed E-state index contributed by atoms with van der Waals surface area (Å²) < 4.78 is 0. The van der Waals surface area contributed by atoms with Gasteiger partial charge in [0.1, 0.15) is 11.6 Å². The third kappa shape index (κ3) is 7.73. The Hall–Kier alpha value is -6.22. The molecule has 8 nitrogen and oxygen atoms in total. The highest BCUT2D eigenvalue weighted by atomic mass is 35.5. The van der Waals surface area contributed by atoms with E-state index in [2.05, 4.69) is 30.6 Å². The fraction of sp³-hybridized carbons (Fsp3) is 0.0476. The Morgan fingerprint density at radius 2 is 0.942 bits per heavy atom. The number of H-pyrrole nitrogens is 2. The molecule has 0 spiro atoms. The second-order valence-electron chi connectivity index (χ2n) is 11.9. The topological polar surface area (TPSA) is 116 Å². The zero-order chi connectivity index (χ0) is 35.9. The summed E-state index contributed by atoms with van der Waals surface area (Å²) in [6.45, 7) is 1.19. The van der Waals surface area contributed by atoms with Crippen LogP contribution in [0.2, 0.25) is 10.0 Å². The van der Waals surface area contributed by atoms with E-state index in [0.29, 0.717) is 57.0 Å². The lowest BCUT2D eigenvalue weighted by molar-refractivity contribution is 0.103. The number of rotatable bonds is 10. The predicted octanol–water partition coefficient (Wildman–Crippen LogP) is 10.1. The number of nitrogens with zero attached hydrogens (tertiary/aromatic N) is 2. The van der Waals surface area contributed by atoms with Crippen LogP contribution in [0.5, 0.6) is 0 Å². The van der Waals surface area contributed by atoms with Crippen LogP contribution in [0.3, 0.4) is 0 Å². The number of carbonyl (C=O) groups is 2. The number of nitrogens with one attached hydrogen (secondary N) is 4. The Labute approximate surface area is 309 Å². The largest absolute Gasteiger partial charge is 0.365 e. The van der Waals surface area contributed by atoms with Crippen LogP contribution in [0, 0.1) is 0 Å². The first kappa shape index (κ1) is 34.2. The quantitative estimate of drug-likeness (QED) is 0.104. The Kier molecular flexibility index (Phi) is 10.4. The molecule has 4 heterocycles. The first-order valence-electron chi connectivity index (χ1n) is 16.5. The zero-order valence-corrected chi connectivity index (χ0v) is 29.2. The lowest BCUT2D eigenvalue weighted by Gasteiger charge is -2.10. The van der Waals surface area contributed by atoms with Gasteiger partial charge in [0.2, 0.25) is 0 Å². The van der Waals surface area contributed by atoms with Crippen molar-refractivity contribution in [3.05, 3.63) is 190 Å². The van der Waals surface area contributed by atoms with E-state index >= 15 is 0 Å². The molecule has 0 aliphatic rings. The summed E-state index contributed by atoms with van der Waals surface area (Å²) in [6, 6.07) is 38.0. The van der Waals surface area contributed by atoms with Gasteiger partial charge in [-0.15, -0.1) is 0 Å². The predicted molar refractivity (Wildman–Crippen MR) is 209 cm³/mol. The first-order valence-corrected chi connectivity index (χ1v) is 17.3. The average Bonchev–Trinajstić information content (AvgIpc) is 3.81. The highest BCUT2D eigenvalue weighted by molar-refractivity contribution is 6.32. The van der Waals surface area contributed by atoms with Crippen LogP contribution in [0.15, 0.2) is 146 Å². The molecular formula is C42H32Cl2N6O2. The van der Waals surface area contributed by atoms with Gasteiger partial charge in [-0.2, -0.15) is 0 Å². The van der Waals surface area contributed by atoms with Gasteiger partial charge in [0.25, 0.3) is 0 Å². The minimum atomic E-state index is -0.0952. The van der Waals surface area contributed by atoms with E-state index in [1.54, 1.807) is 73.3 Å². The second-order valence-corrected chi connectivity index (χ2v) is 12.8. The van der Waals surface area contributed by atoms with Crippen molar-refractivity contribution in [2.24, 2.45) is 0 Å². The summed E-state index contributed by atoms with van der Waals surface area (Å²) in [5.41, 5.74) is 6.22. The third-order valence-electron chi connectivity index (χ3n) is 8.49. The molecule has 0 radical (unpaired) electrons. The molecule has 0 bridgehead atoms. The van der Waals surface area contributed by atoms with Gasteiger partial charge in [0.05, 0.1) is 11.1 Å². The van der Waals surface area contributed by atoms with Crippen molar-refractivity contribution >= 4 is 68.2 Å². The number of hydrogen-bond donors (Lipinski definition) is 4. The maximum atomic E-state index is 13.1. The van der Waals surface area contributed by atoms with Crippen LogP contribution in [-0.4, -0.2) is 31.5 Å². The van der Waals surface area contributed by atoms with E-state index in [1.165, 1.54) is 0 Å². The molecule has 4 N–H and O–H groups in total. The van der Waals surface area contributed by atoms with Crippen molar-refractivity contribution in [2.45, 2.75) is 13.1 Å². The van der Waals surface area contributed by atoms with Gasteiger partial charge in [-0.05, 0) is 71.8 Å². The molecule has 0 saturated heterocycles. The van der Waals surface area contributed by atoms with E-state index < -0.39 is 0 Å². The molecule has 0 saturated carbocycles. The van der Waals surface area contributed by atoms with Crippen LogP contribution in [-0.2, 0) is 13.1 Å². The number of ketones is 2. The number of aromatic amines is 2. The van der Waals surface area contributed by atoms with E-state index in [0.717, 1.165) is 32.9 Å². The smallest absolute Gasteiger partial charge is 0.198 e. The van der Waals surface area contributed by atoms with Crippen LogP contribution in [0.1, 0.15) is 43.0 Å². The molecular weight excluding hydrogens is 691 g/mol. The van der Waals surface area contributed by atoms with E-state index in [-0.39, 0.29) is 11.6 Å². The summed E-state index contributed by atoms with van der Waals surface area (Å²) in [5.74, 6) is 0.944. The Morgan fingerprint density at radius 3 is 1.37 bits per heavy atom. The Morgan fingerprint density at radius 1 is 0.519 bits per heavy atom. The molecule has 4 aromatic carbocycles. The minimum Gasteiger partial charge on any atom is -0.365 e. The number of anilines is 2. The van der Waals surface area contributed by atoms with E-state index in [4.69, 9.17) is 23.2 Å². The van der Waals surface area contributed by atoms with Crippen molar-refractivity contribution in [2.75, 3.05) is 10.6 Å². The van der Waals surface area contributed by atoms with Gasteiger partial charge in [-0.3, -0.25) is 9.59 Å². The summed E-state index contributed by atoms with van der Waals surface area (Å²) >= 11 is 12.2.